The molecule has 8 heteroatoms. The van der Waals surface area contributed by atoms with Gasteiger partial charge in [-0.1, -0.05) is 11.6 Å². The van der Waals surface area contributed by atoms with Crippen LogP contribution in [0.25, 0.3) is 0 Å². The highest BCUT2D eigenvalue weighted by Gasteiger charge is 2.29. The predicted octanol–water partition coefficient (Wildman–Crippen LogP) is 3.55. The van der Waals surface area contributed by atoms with E-state index in [0.29, 0.717) is 47.2 Å². The van der Waals surface area contributed by atoms with Crippen molar-refractivity contribution in [2.45, 2.75) is 25.9 Å². The van der Waals surface area contributed by atoms with E-state index < -0.39 is 6.10 Å². The van der Waals surface area contributed by atoms with Crippen LogP contribution in [0.4, 0.5) is 11.4 Å². The lowest BCUT2D eigenvalue weighted by Gasteiger charge is -2.32. The average molecular weight is 428 g/mol. The summed E-state index contributed by atoms with van der Waals surface area (Å²) in [7, 11) is 0. The van der Waals surface area contributed by atoms with Crippen LogP contribution in [0, 0.1) is 5.92 Å². The van der Waals surface area contributed by atoms with Crippen LogP contribution in [0.3, 0.4) is 0 Å². The number of nitrogens with one attached hydrogen (secondary N) is 2. The molecule has 2 aromatic carbocycles. The molecule has 1 fully saturated rings. The van der Waals surface area contributed by atoms with E-state index in [1.165, 1.54) is 0 Å². The molecule has 2 aromatic rings. The Morgan fingerprint density at radius 3 is 2.73 bits per heavy atom. The van der Waals surface area contributed by atoms with Gasteiger partial charge in [-0.15, -0.1) is 0 Å². The first-order valence-electron chi connectivity index (χ1n) is 9.88. The van der Waals surface area contributed by atoms with Crippen LogP contribution in [0.5, 0.6) is 5.75 Å². The molecule has 2 atom stereocenters. The zero-order chi connectivity index (χ0) is 21.3. The van der Waals surface area contributed by atoms with E-state index >= 15 is 0 Å². The number of anilines is 2. The summed E-state index contributed by atoms with van der Waals surface area (Å²) in [6, 6.07) is 11.9. The maximum atomic E-state index is 12.8. The van der Waals surface area contributed by atoms with E-state index in [-0.39, 0.29) is 23.6 Å². The smallest absolute Gasteiger partial charge is 0.265 e. The zero-order valence-corrected chi connectivity index (χ0v) is 17.2. The average Bonchev–Trinajstić information content (AvgIpc) is 2.75. The first-order chi connectivity index (χ1) is 14.4. The van der Waals surface area contributed by atoms with E-state index in [4.69, 9.17) is 16.3 Å². The van der Waals surface area contributed by atoms with Gasteiger partial charge in [-0.2, -0.15) is 0 Å². The van der Waals surface area contributed by atoms with Gasteiger partial charge in [0.15, 0.2) is 6.10 Å². The summed E-state index contributed by atoms with van der Waals surface area (Å²) in [6.07, 6.45) is 0.909. The highest BCUT2D eigenvalue weighted by Crippen LogP contribution is 2.32. The number of likely N-dealkylation sites (tertiary alicyclic amines) is 1. The molecule has 156 valence electrons. The fraction of sp³-hybridized carbons (Fsp3) is 0.318. The molecule has 0 bridgehead atoms. The number of hydrogen-bond donors (Lipinski definition) is 2. The third-order valence-corrected chi connectivity index (χ3v) is 5.60. The summed E-state index contributed by atoms with van der Waals surface area (Å²) >= 11 is 5.89. The second kappa shape index (κ2) is 8.36. The van der Waals surface area contributed by atoms with Crippen LogP contribution in [-0.4, -0.2) is 41.8 Å². The lowest BCUT2D eigenvalue weighted by atomic mass is 9.96. The second-order valence-corrected chi connectivity index (χ2v) is 7.98. The Morgan fingerprint density at radius 1 is 1.20 bits per heavy atom. The molecule has 0 saturated carbocycles. The molecule has 1 saturated heterocycles. The summed E-state index contributed by atoms with van der Waals surface area (Å²) in [5, 5.41) is 6.24. The number of piperidine rings is 1. The normalized spacial score (nSPS) is 20.6. The number of halogens is 1. The number of carbonyl (C=O) groups excluding carboxylic acids is 3. The van der Waals surface area contributed by atoms with Gasteiger partial charge < -0.3 is 20.3 Å². The van der Waals surface area contributed by atoms with Crippen LogP contribution in [0.15, 0.2) is 42.5 Å². The van der Waals surface area contributed by atoms with Crippen LogP contribution in [-0.2, 0) is 9.59 Å². The van der Waals surface area contributed by atoms with Crippen LogP contribution in [0.2, 0.25) is 5.02 Å². The van der Waals surface area contributed by atoms with Crippen molar-refractivity contribution >= 4 is 40.7 Å². The summed E-state index contributed by atoms with van der Waals surface area (Å²) in [5.41, 5.74) is 1.65. The molecule has 2 N–H and O–H groups in total. The molecule has 0 radical (unpaired) electrons. The highest BCUT2D eigenvalue weighted by atomic mass is 35.5. The van der Waals surface area contributed by atoms with E-state index in [0.717, 1.165) is 6.42 Å². The van der Waals surface area contributed by atoms with Crippen molar-refractivity contribution in [3.63, 3.8) is 0 Å². The Balaban J connectivity index is 1.41. The zero-order valence-electron chi connectivity index (χ0n) is 16.5. The molecule has 2 heterocycles. The predicted molar refractivity (Wildman–Crippen MR) is 114 cm³/mol. The number of carbonyl (C=O) groups is 3. The highest BCUT2D eigenvalue weighted by molar-refractivity contribution is 6.30. The van der Waals surface area contributed by atoms with Gasteiger partial charge in [0.1, 0.15) is 5.75 Å². The maximum Gasteiger partial charge on any atom is 0.265 e. The molecule has 3 amide bonds. The van der Waals surface area contributed by atoms with Gasteiger partial charge in [-0.25, -0.2) is 0 Å². The largest absolute Gasteiger partial charge is 0.479 e. The molecular weight excluding hydrogens is 406 g/mol. The summed E-state index contributed by atoms with van der Waals surface area (Å²) < 4.78 is 5.53. The van der Waals surface area contributed by atoms with Crippen molar-refractivity contribution in [3.05, 3.63) is 53.1 Å². The van der Waals surface area contributed by atoms with Crippen molar-refractivity contribution < 1.29 is 19.1 Å². The minimum Gasteiger partial charge on any atom is -0.479 e. The molecule has 2 aliphatic rings. The maximum absolute atomic E-state index is 12.8. The lowest BCUT2D eigenvalue weighted by molar-refractivity contribution is -0.123. The monoisotopic (exact) mass is 427 g/mol. The Bertz CT molecular complexity index is 992. The molecule has 0 aromatic heterocycles. The van der Waals surface area contributed by atoms with E-state index in [2.05, 4.69) is 10.6 Å². The molecule has 4 rings (SSSR count). The lowest BCUT2D eigenvalue weighted by Crippen LogP contribution is -2.43. The van der Waals surface area contributed by atoms with Gasteiger partial charge in [0.2, 0.25) is 5.91 Å². The van der Waals surface area contributed by atoms with Gasteiger partial charge >= 0.3 is 0 Å². The summed E-state index contributed by atoms with van der Waals surface area (Å²) in [5.74, 6) is -0.226. The van der Waals surface area contributed by atoms with Crippen LogP contribution < -0.4 is 15.4 Å². The number of fused-ring (bicyclic) bond motifs is 1. The van der Waals surface area contributed by atoms with Gasteiger partial charge in [-0.3, -0.25) is 14.4 Å². The molecule has 30 heavy (non-hydrogen) atoms. The third-order valence-electron chi connectivity index (χ3n) is 5.35. The Kier molecular flexibility index (Phi) is 5.63. The Labute approximate surface area is 179 Å². The van der Waals surface area contributed by atoms with Crippen molar-refractivity contribution in [1.29, 1.82) is 0 Å². The molecule has 0 unspecified atom stereocenters. The standard InChI is InChI=1S/C22H22ClN3O4/c1-13-20(27)25-18-11-17(8-9-19(18)30-13)24-21(28)15-3-2-10-26(12-15)22(29)14-4-6-16(23)7-5-14/h4-9,11,13,15H,2-3,10,12H2,1H3,(H,24,28)(H,25,27)/t13-,15+/m1/s1. The Morgan fingerprint density at radius 2 is 1.97 bits per heavy atom. The van der Waals surface area contributed by atoms with Crippen molar-refractivity contribution in [2.75, 3.05) is 23.7 Å². The molecule has 0 spiro atoms. The van der Waals surface area contributed by atoms with E-state index in [1.54, 1.807) is 54.3 Å². The number of amides is 3. The number of hydrogen-bond acceptors (Lipinski definition) is 4. The van der Waals surface area contributed by atoms with Crippen molar-refractivity contribution in [3.8, 4) is 5.75 Å². The van der Waals surface area contributed by atoms with Crippen LogP contribution in [0.1, 0.15) is 30.1 Å². The summed E-state index contributed by atoms with van der Waals surface area (Å²) in [4.78, 5) is 39.1. The molecular formula is C22H22ClN3O4. The van der Waals surface area contributed by atoms with Gasteiger partial charge in [-0.05, 0) is 62.2 Å². The minimum atomic E-state index is -0.552. The fourth-order valence-electron chi connectivity index (χ4n) is 3.68. The third kappa shape index (κ3) is 4.26. The van der Waals surface area contributed by atoms with E-state index in [9.17, 15) is 14.4 Å². The molecule has 0 aliphatic carbocycles. The van der Waals surface area contributed by atoms with Gasteiger partial charge in [0.25, 0.3) is 11.8 Å². The molecule has 2 aliphatic heterocycles. The topological polar surface area (TPSA) is 87.7 Å². The van der Waals surface area contributed by atoms with Crippen LogP contribution >= 0.6 is 11.6 Å². The fourth-order valence-corrected chi connectivity index (χ4v) is 3.81. The molecule has 7 nitrogen and oxygen atoms in total. The SMILES string of the molecule is C[C@H]1Oc2ccc(NC(=O)[C@H]3CCCN(C(=O)c4ccc(Cl)cc4)C3)cc2NC1=O. The first kappa shape index (κ1) is 20.2. The number of benzene rings is 2. The second-order valence-electron chi connectivity index (χ2n) is 7.55. The Hall–Kier alpha value is -3.06. The van der Waals surface area contributed by atoms with Crippen molar-refractivity contribution in [2.24, 2.45) is 5.92 Å². The number of rotatable bonds is 3. The van der Waals surface area contributed by atoms with Gasteiger partial charge in [0, 0.05) is 29.4 Å². The quantitative estimate of drug-likeness (QED) is 0.784. The van der Waals surface area contributed by atoms with Crippen molar-refractivity contribution in [1.82, 2.24) is 4.90 Å². The van der Waals surface area contributed by atoms with E-state index in [1.807, 2.05) is 0 Å². The minimum absolute atomic E-state index is 0.105. The number of ether oxygens (including phenoxy) is 1. The number of nitrogens with zero attached hydrogens (tertiary/aromatic N) is 1. The van der Waals surface area contributed by atoms with Gasteiger partial charge in [0.05, 0.1) is 11.6 Å². The first-order valence-corrected chi connectivity index (χ1v) is 10.3. The summed E-state index contributed by atoms with van der Waals surface area (Å²) in [6.45, 7) is 2.65.